The van der Waals surface area contributed by atoms with Gasteiger partial charge in [0.15, 0.2) is 5.78 Å². The average Bonchev–Trinajstić information content (AvgIpc) is 3.14. The summed E-state index contributed by atoms with van der Waals surface area (Å²) in [5, 5.41) is 18.9. The van der Waals surface area contributed by atoms with Gasteiger partial charge in [-0.15, -0.1) is 0 Å². The quantitative estimate of drug-likeness (QED) is 0.348. The molecular weight excluding hydrogens is 380 g/mol. The highest BCUT2D eigenvalue weighted by atomic mass is 16.3. The number of H-pyrrole nitrogens is 1. The molecule has 4 rings (SSSR count). The number of imidazole rings is 1. The molecule has 3 N–H and O–H groups in total. The number of aromatic hydroxyl groups is 2. The summed E-state index contributed by atoms with van der Waals surface area (Å²) in [5.74, 6) is 0.0518. The van der Waals surface area contributed by atoms with Crippen LogP contribution in [0.5, 0.6) is 11.5 Å². The van der Waals surface area contributed by atoms with Gasteiger partial charge in [0.05, 0.1) is 11.4 Å². The predicted molar refractivity (Wildman–Crippen MR) is 115 cm³/mol. The zero-order chi connectivity index (χ0) is 21.1. The smallest absolute Gasteiger partial charge is 0.330 e. The molecule has 0 aliphatic rings. The van der Waals surface area contributed by atoms with Gasteiger partial charge >= 0.3 is 5.69 Å². The number of carbonyl (C=O) groups excluding carboxylic acids is 1. The number of ketones is 1. The van der Waals surface area contributed by atoms with Crippen molar-refractivity contribution in [2.24, 2.45) is 0 Å². The molecule has 148 valence electrons. The maximum Gasteiger partial charge on any atom is 0.330 e. The molecule has 0 saturated heterocycles. The molecule has 0 bridgehead atoms. The maximum atomic E-state index is 12.6. The van der Waals surface area contributed by atoms with Gasteiger partial charge in [-0.1, -0.05) is 30.3 Å². The molecule has 0 fully saturated rings. The monoisotopic (exact) mass is 398 g/mol. The Morgan fingerprint density at radius 2 is 1.67 bits per heavy atom. The minimum Gasteiger partial charge on any atom is -0.508 e. The first-order valence-corrected chi connectivity index (χ1v) is 9.22. The summed E-state index contributed by atoms with van der Waals surface area (Å²) in [7, 11) is 0. The van der Waals surface area contributed by atoms with Crippen molar-refractivity contribution in [3.8, 4) is 28.4 Å². The minimum atomic E-state index is -0.335. The van der Waals surface area contributed by atoms with E-state index in [4.69, 9.17) is 0 Å². The lowest BCUT2D eigenvalue weighted by molar-refractivity contribution is 0.104. The van der Waals surface area contributed by atoms with Gasteiger partial charge in [-0.25, -0.2) is 4.79 Å². The molecule has 0 radical (unpaired) electrons. The van der Waals surface area contributed by atoms with E-state index in [-0.39, 0.29) is 23.0 Å². The summed E-state index contributed by atoms with van der Waals surface area (Å²) < 4.78 is 1.43. The van der Waals surface area contributed by atoms with E-state index in [1.807, 2.05) is 0 Å². The SMILES string of the molecule is O=C(C=Cc1cccc(O)c1)c1cccc(-n2cc(-c3ccc(O)cc3)[nH]c2=O)c1. The molecule has 0 aliphatic heterocycles. The van der Waals surface area contributed by atoms with Crippen LogP contribution in [0.4, 0.5) is 0 Å². The second kappa shape index (κ2) is 7.97. The van der Waals surface area contributed by atoms with Crippen LogP contribution in [0.25, 0.3) is 23.0 Å². The second-order valence-corrected chi connectivity index (χ2v) is 6.73. The van der Waals surface area contributed by atoms with Gasteiger partial charge in [-0.3, -0.25) is 9.36 Å². The molecule has 0 amide bonds. The molecule has 4 aromatic rings. The Morgan fingerprint density at radius 1 is 0.900 bits per heavy atom. The van der Waals surface area contributed by atoms with E-state index in [0.717, 1.165) is 5.56 Å². The molecule has 6 nitrogen and oxygen atoms in total. The van der Waals surface area contributed by atoms with Crippen molar-refractivity contribution < 1.29 is 15.0 Å². The number of hydrogen-bond donors (Lipinski definition) is 3. The third-order valence-electron chi connectivity index (χ3n) is 4.60. The van der Waals surface area contributed by atoms with Gasteiger partial charge in [0, 0.05) is 11.8 Å². The molecule has 1 heterocycles. The van der Waals surface area contributed by atoms with E-state index in [9.17, 15) is 19.8 Å². The molecule has 6 heteroatoms. The number of benzene rings is 3. The van der Waals surface area contributed by atoms with Crippen LogP contribution in [0.3, 0.4) is 0 Å². The lowest BCUT2D eigenvalue weighted by Gasteiger charge is -2.03. The molecule has 0 unspecified atom stereocenters. The standard InChI is InChI=1S/C24H18N2O4/c27-20-10-8-17(9-11-20)22-15-26(24(30)25-22)19-5-2-4-18(14-19)23(29)12-7-16-3-1-6-21(28)13-16/h1-15,27-28H,(H,25,30). The van der Waals surface area contributed by atoms with Gasteiger partial charge in [0.1, 0.15) is 11.5 Å². The fraction of sp³-hybridized carbons (Fsp3) is 0. The van der Waals surface area contributed by atoms with Crippen molar-refractivity contribution in [3.05, 3.63) is 107 Å². The Morgan fingerprint density at radius 3 is 2.43 bits per heavy atom. The van der Waals surface area contributed by atoms with E-state index in [1.54, 1.807) is 85.1 Å². The zero-order valence-corrected chi connectivity index (χ0v) is 15.8. The molecule has 0 atom stereocenters. The number of phenols is 2. The van der Waals surface area contributed by atoms with E-state index < -0.39 is 0 Å². The van der Waals surface area contributed by atoms with Crippen LogP contribution >= 0.6 is 0 Å². The van der Waals surface area contributed by atoms with E-state index in [1.165, 1.54) is 10.6 Å². The number of allylic oxidation sites excluding steroid dienone is 1. The van der Waals surface area contributed by atoms with Crippen molar-refractivity contribution in [1.29, 1.82) is 0 Å². The van der Waals surface area contributed by atoms with Gasteiger partial charge < -0.3 is 15.2 Å². The molecule has 0 saturated carbocycles. The number of nitrogens with one attached hydrogen (secondary N) is 1. The van der Waals surface area contributed by atoms with Crippen LogP contribution in [-0.4, -0.2) is 25.5 Å². The van der Waals surface area contributed by atoms with Crippen molar-refractivity contribution in [3.63, 3.8) is 0 Å². The highest BCUT2D eigenvalue weighted by Crippen LogP contribution is 2.20. The summed E-state index contributed by atoms with van der Waals surface area (Å²) in [6, 6.07) is 19.9. The lowest BCUT2D eigenvalue weighted by Crippen LogP contribution is -2.14. The van der Waals surface area contributed by atoms with Crippen LogP contribution < -0.4 is 5.69 Å². The third-order valence-corrected chi connectivity index (χ3v) is 4.60. The van der Waals surface area contributed by atoms with Crippen LogP contribution in [0.1, 0.15) is 15.9 Å². The number of rotatable bonds is 5. The highest BCUT2D eigenvalue weighted by molar-refractivity contribution is 6.07. The van der Waals surface area contributed by atoms with E-state index in [0.29, 0.717) is 22.5 Å². The summed E-state index contributed by atoms with van der Waals surface area (Å²) in [6.45, 7) is 0. The summed E-state index contributed by atoms with van der Waals surface area (Å²) in [4.78, 5) is 27.8. The fourth-order valence-corrected chi connectivity index (χ4v) is 3.08. The first-order valence-electron chi connectivity index (χ1n) is 9.22. The number of aromatic amines is 1. The van der Waals surface area contributed by atoms with Crippen LogP contribution in [0.2, 0.25) is 0 Å². The Kier molecular flexibility index (Phi) is 5.05. The Labute approximate surface area is 172 Å². The third kappa shape index (κ3) is 4.07. The van der Waals surface area contributed by atoms with Gasteiger partial charge in [-0.05, 0) is 65.7 Å². The average molecular weight is 398 g/mol. The van der Waals surface area contributed by atoms with E-state index in [2.05, 4.69) is 4.98 Å². The lowest BCUT2D eigenvalue weighted by atomic mass is 10.1. The maximum absolute atomic E-state index is 12.6. The fourth-order valence-electron chi connectivity index (χ4n) is 3.08. The Hall–Kier alpha value is -4.32. The molecule has 0 aliphatic carbocycles. The van der Waals surface area contributed by atoms with Crippen molar-refractivity contribution in [2.75, 3.05) is 0 Å². The minimum absolute atomic E-state index is 0.128. The van der Waals surface area contributed by atoms with Crippen LogP contribution in [-0.2, 0) is 0 Å². The van der Waals surface area contributed by atoms with Crippen molar-refractivity contribution in [1.82, 2.24) is 9.55 Å². The first-order chi connectivity index (χ1) is 14.5. The largest absolute Gasteiger partial charge is 0.508 e. The van der Waals surface area contributed by atoms with Gasteiger partial charge in [-0.2, -0.15) is 0 Å². The zero-order valence-electron chi connectivity index (χ0n) is 15.8. The van der Waals surface area contributed by atoms with Gasteiger partial charge in [0.2, 0.25) is 0 Å². The number of carbonyl (C=O) groups is 1. The van der Waals surface area contributed by atoms with E-state index >= 15 is 0 Å². The molecule has 0 spiro atoms. The Balaban J connectivity index is 1.61. The summed E-state index contributed by atoms with van der Waals surface area (Å²) in [6.07, 6.45) is 4.71. The normalized spacial score (nSPS) is 11.1. The first kappa shape index (κ1) is 19.0. The number of nitrogens with zero attached hydrogens (tertiary/aromatic N) is 1. The molecule has 3 aromatic carbocycles. The predicted octanol–water partition coefficient (Wildman–Crippen LogP) is 4.14. The molecule has 30 heavy (non-hydrogen) atoms. The number of phenolic OH excluding ortho intramolecular Hbond substituents is 2. The second-order valence-electron chi connectivity index (χ2n) is 6.73. The Bertz CT molecular complexity index is 1300. The van der Waals surface area contributed by atoms with Crippen LogP contribution in [0.15, 0.2) is 89.9 Å². The van der Waals surface area contributed by atoms with Crippen molar-refractivity contribution in [2.45, 2.75) is 0 Å². The number of aromatic nitrogens is 2. The van der Waals surface area contributed by atoms with Crippen LogP contribution in [0, 0.1) is 0 Å². The summed E-state index contributed by atoms with van der Waals surface area (Å²) >= 11 is 0. The topological polar surface area (TPSA) is 95.3 Å². The highest BCUT2D eigenvalue weighted by Gasteiger charge is 2.09. The van der Waals surface area contributed by atoms with Gasteiger partial charge in [0.25, 0.3) is 0 Å². The molecule has 1 aromatic heterocycles. The number of hydrogen-bond acceptors (Lipinski definition) is 4. The summed E-state index contributed by atoms with van der Waals surface area (Å²) in [5.41, 5.74) is 2.71. The molecular formula is C24H18N2O4. The van der Waals surface area contributed by atoms with Crippen molar-refractivity contribution >= 4 is 11.9 Å².